The van der Waals surface area contributed by atoms with Crippen molar-refractivity contribution < 1.29 is 0 Å². The van der Waals surface area contributed by atoms with E-state index in [9.17, 15) is 0 Å². The largest absolute Gasteiger partial charge is 2.00 e. The molecule has 0 heterocycles. The molecule has 68 valence electrons. The molecule has 0 bridgehead atoms. The van der Waals surface area contributed by atoms with E-state index in [1.807, 2.05) is 0 Å². The third-order valence-corrected chi connectivity index (χ3v) is 1.31. The SMILES string of the molecule is [C-]#CCCCC.[C-]#CCCCC.[Mg+2]. The van der Waals surface area contributed by atoms with Crippen molar-refractivity contribution in [3.63, 3.8) is 0 Å². The van der Waals surface area contributed by atoms with E-state index in [1.165, 1.54) is 12.8 Å². The van der Waals surface area contributed by atoms with Crippen molar-refractivity contribution in [1.82, 2.24) is 0 Å². The Hall–Kier alpha value is -0.114. The summed E-state index contributed by atoms with van der Waals surface area (Å²) >= 11 is 0. The Morgan fingerprint density at radius 3 is 1.23 bits per heavy atom. The molecule has 0 aromatic heterocycles. The van der Waals surface area contributed by atoms with E-state index >= 15 is 0 Å². The summed E-state index contributed by atoms with van der Waals surface area (Å²) in [5.41, 5.74) is 0. The van der Waals surface area contributed by atoms with Crippen LogP contribution in [0.5, 0.6) is 0 Å². The van der Waals surface area contributed by atoms with Crippen LogP contribution in [0, 0.1) is 24.7 Å². The Balaban J connectivity index is -0.000000143. The van der Waals surface area contributed by atoms with Gasteiger partial charge in [-0.3, -0.25) is 0 Å². The fourth-order valence-corrected chi connectivity index (χ4v) is 0.530. The van der Waals surface area contributed by atoms with Crippen molar-refractivity contribution in [3.8, 4) is 11.8 Å². The van der Waals surface area contributed by atoms with Gasteiger partial charge in [0.15, 0.2) is 0 Å². The number of hydrogen-bond donors (Lipinski definition) is 0. The number of rotatable bonds is 4. The molecule has 1 heteroatoms. The van der Waals surface area contributed by atoms with Crippen molar-refractivity contribution in [2.75, 3.05) is 0 Å². The quantitative estimate of drug-likeness (QED) is 0.274. The van der Waals surface area contributed by atoms with Crippen molar-refractivity contribution in [3.05, 3.63) is 12.8 Å². The fourth-order valence-electron chi connectivity index (χ4n) is 0.530. The molecule has 0 aliphatic rings. The molecule has 0 N–H and O–H groups in total. The summed E-state index contributed by atoms with van der Waals surface area (Å²) in [7, 11) is 0. The first-order chi connectivity index (χ1) is 5.83. The van der Waals surface area contributed by atoms with Gasteiger partial charge >= 0.3 is 23.1 Å². The maximum atomic E-state index is 6.46. The zero-order chi connectivity index (χ0) is 9.66. The molecule has 0 aliphatic carbocycles. The number of hydrogen-bond acceptors (Lipinski definition) is 0. The van der Waals surface area contributed by atoms with Gasteiger partial charge in [0.05, 0.1) is 0 Å². The fraction of sp³-hybridized carbons (Fsp3) is 0.667. The molecule has 0 nitrogen and oxygen atoms in total. The van der Waals surface area contributed by atoms with E-state index in [-0.39, 0.29) is 23.1 Å². The molecule has 0 aromatic rings. The molecular formula is C12H18Mg. The molecular weight excluding hydrogens is 168 g/mol. The van der Waals surface area contributed by atoms with Crippen LogP contribution in [-0.2, 0) is 0 Å². The topological polar surface area (TPSA) is 0 Å². The number of unbranched alkanes of at least 4 members (excludes halogenated alkanes) is 4. The van der Waals surface area contributed by atoms with Crippen molar-refractivity contribution in [2.24, 2.45) is 0 Å². The second-order valence-electron chi connectivity index (χ2n) is 2.56. The van der Waals surface area contributed by atoms with Gasteiger partial charge in [-0.1, -0.05) is 26.7 Å². The predicted octanol–water partition coefficient (Wildman–Crippen LogP) is 3.15. The normalized spacial score (nSPS) is 6.77. The molecule has 0 unspecified atom stereocenters. The summed E-state index contributed by atoms with van der Waals surface area (Å²) in [5.74, 6) is 4.64. The molecule has 0 aliphatic heterocycles. The second-order valence-corrected chi connectivity index (χ2v) is 2.56. The van der Waals surface area contributed by atoms with Gasteiger partial charge in [0, 0.05) is 0 Å². The minimum Gasteiger partial charge on any atom is -0.694 e. The molecule has 0 radical (unpaired) electrons. The van der Waals surface area contributed by atoms with Crippen LogP contribution in [0.1, 0.15) is 52.4 Å². The van der Waals surface area contributed by atoms with Gasteiger partial charge in [-0.25, -0.2) is 0 Å². The second kappa shape index (κ2) is 22.6. The third kappa shape index (κ3) is 33.5. The van der Waals surface area contributed by atoms with Crippen LogP contribution in [0.4, 0.5) is 0 Å². The summed E-state index contributed by atoms with van der Waals surface area (Å²) < 4.78 is 0. The van der Waals surface area contributed by atoms with Crippen LogP contribution < -0.4 is 0 Å². The third-order valence-electron chi connectivity index (χ3n) is 1.31. The molecule has 0 aromatic carbocycles. The van der Waals surface area contributed by atoms with Crippen LogP contribution in [0.3, 0.4) is 0 Å². The minimum absolute atomic E-state index is 0. The Bertz CT molecular complexity index is 118. The Kier molecular flexibility index (Phi) is 32.5. The monoisotopic (exact) mass is 186 g/mol. The molecule has 13 heavy (non-hydrogen) atoms. The van der Waals surface area contributed by atoms with Crippen LogP contribution in [-0.4, -0.2) is 23.1 Å². The maximum absolute atomic E-state index is 6.46. The molecule has 0 saturated carbocycles. The summed E-state index contributed by atoms with van der Waals surface area (Å²) in [4.78, 5) is 0. The molecule has 0 saturated heterocycles. The average molecular weight is 187 g/mol. The van der Waals surface area contributed by atoms with Gasteiger partial charge in [-0.15, -0.1) is 0 Å². The molecule has 0 spiro atoms. The predicted molar refractivity (Wildman–Crippen MR) is 59.1 cm³/mol. The first-order valence-corrected chi connectivity index (χ1v) is 4.62. The summed E-state index contributed by atoms with van der Waals surface area (Å²) in [6.45, 7) is 4.22. The first kappa shape index (κ1) is 18.6. The van der Waals surface area contributed by atoms with Gasteiger partial charge in [0.2, 0.25) is 0 Å². The van der Waals surface area contributed by atoms with E-state index in [0.29, 0.717) is 0 Å². The van der Waals surface area contributed by atoms with Gasteiger partial charge < -0.3 is 24.7 Å². The smallest absolute Gasteiger partial charge is 0.694 e. The van der Waals surface area contributed by atoms with E-state index in [4.69, 9.17) is 12.8 Å². The van der Waals surface area contributed by atoms with E-state index in [1.54, 1.807) is 0 Å². The Morgan fingerprint density at radius 1 is 0.846 bits per heavy atom. The molecule has 0 amide bonds. The molecule has 0 fully saturated rings. The van der Waals surface area contributed by atoms with Crippen LogP contribution >= 0.6 is 0 Å². The standard InChI is InChI=1S/2C6H9.Mg/c2*1-3-5-6-4-2;/h2*3,5-6H2,1H3;/q2*-1;+2. The van der Waals surface area contributed by atoms with Crippen molar-refractivity contribution >= 4 is 23.1 Å². The van der Waals surface area contributed by atoms with E-state index in [0.717, 1.165) is 25.7 Å². The molecule has 0 rings (SSSR count). The van der Waals surface area contributed by atoms with Gasteiger partial charge in [0.1, 0.15) is 0 Å². The first-order valence-electron chi connectivity index (χ1n) is 4.62. The zero-order valence-electron chi connectivity index (χ0n) is 8.95. The minimum atomic E-state index is 0. The van der Waals surface area contributed by atoms with Crippen LogP contribution in [0.15, 0.2) is 0 Å². The van der Waals surface area contributed by atoms with Crippen molar-refractivity contribution in [1.29, 1.82) is 0 Å². The molecule has 0 atom stereocenters. The van der Waals surface area contributed by atoms with Crippen molar-refractivity contribution in [2.45, 2.75) is 52.4 Å². The maximum Gasteiger partial charge on any atom is 2.00 e. The summed E-state index contributed by atoms with van der Waals surface area (Å²) in [5, 5.41) is 0. The van der Waals surface area contributed by atoms with Gasteiger partial charge in [-0.05, 0) is 25.7 Å². The van der Waals surface area contributed by atoms with Gasteiger partial charge in [-0.2, -0.15) is 0 Å². The van der Waals surface area contributed by atoms with E-state index in [2.05, 4.69) is 25.7 Å². The average Bonchev–Trinajstić information content (AvgIpc) is 2.12. The van der Waals surface area contributed by atoms with Crippen LogP contribution in [0.25, 0.3) is 0 Å². The Labute approximate surface area is 100 Å². The summed E-state index contributed by atoms with van der Waals surface area (Å²) in [6.07, 6.45) is 19.1. The Morgan fingerprint density at radius 2 is 1.15 bits per heavy atom. The van der Waals surface area contributed by atoms with Gasteiger partial charge in [0.25, 0.3) is 0 Å². The van der Waals surface area contributed by atoms with Crippen LogP contribution in [0.2, 0.25) is 0 Å². The summed E-state index contributed by atoms with van der Waals surface area (Å²) in [6, 6.07) is 0. The van der Waals surface area contributed by atoms with E-state index < -0.39 is 0 Å². The zero-order valence-corrected chi connectivity index (χ0v) is 10.4.